The maximum Gasteiger partial charge on any atom is 0.349 e. The van der Waals surface area contributed by atoms with Crippen molar-refractivity contribution < 1.29 is 37.0 Å². The molecule has 0 unspecified atom stereocenters. The van der Waals surface area contributed by atoms with Crippen LogP contribution in [-0.2, 0) is 19.5 Å². The van der Waals surface area contributed by atoms with Crippen LogP contribution in [0.3, 0.4) is 0 Å². The first-order valence-electron chi connectivity index (χ1n) is 7.43. The Balaban J connectivity index is 2.61. The molecule has 0 aliphatic heterocycles. The second-order valence-corrected chi connectivity index (χ2v) is 8.42. The van der Waals surface area contributed by atoms with Crippen molar-refractivity contribution in [3.05, 3.63) is 33.0 Å². The minimum Gasteiger partial charge on any atom is -0.493 e. The minimum atomic E-state index is -4.32. The fourth-order valence-electron chi connectivity index (χ4n) is 2.22. The summed E-state index contributed by atoms with van der Waals surface area (Å²) in [6, 6.07) is 3.64. The third-order valence-corrected chi connectivity index (χ3v) is 6.26. The zero-order valence-electron chi connectivity index (χ0n) is 15.2. The lowest BCUT2D eigenvalue weighted by atomic mass is 10.1. The van der Waals surface area contributed by atoms with Crippen molar-refractivity contribution in [3.63, 3.8) is 0 Å². The van der Waals surface area contributed by atoms with Gasteiger partial charge in [-0.1, -0.05) is 11.6 Å². The van der Waals surface area contributed by atoms with Crippen molar-refractivity contribution in [2.45, 2.75) is 4.90 Å². The summed E-state index contributed by atoms with van der Waals surface area (Å²) in [6.07, 6.45) is 0. The highest BCUT2D eigenvalue weighted by Crippen LogP contribution is 2.36. The molecule has 1 heterocycles. The van der Waals surface area contributed by atoms with Crippen molar-refractivity contribution in [1.29, 1.82) is 0 Å². The Bertz CT molecular complexity index is 1020. The third-order valence-electron chi connectivity index (χ3n) is 3.50. The summed E-state index contributed by atoms with van der Waals surface area (Å²) in [7, 11) is 0.652. The van der Waals surface area contributed by atoms with Gasteiger partial charge in [0.05, 0.1) is 44.0 Å². The number of hydrogen-bond donors (Lipinski definition) is 1. The minimum absolute atomic E-state index is 0.0706. The van der Waals surface area contributed by atoms with Crippen molar-refractivity contribution in [1.82, 2.24) is 0 Å². The zero-order chi connectivity index (χ0) is 21.1. The van der Waals surface area contributed by atoms with E-state index in [-0.39, 0.29) is 36.9 Å². The number of carbonyl (C=O) groups is 2. The van der Waals surface area contributed by atoms with Gasteiger partial charge in [0.15, 0.2) is 11.5 Å². The molecule has 1 aromatic heterocycles. The van der Waals surface area contributed by atoms with E-state index in [2.05, 4.69) is 9.46 Å². The van der Waals surface area contributed by atoms with E-state index in [1.54, 1.807) is 0 Å². The fourth-order valence-corrected chi connectivity index (χ4v) is 5.02. The van der Waals surface area contributed by atoms with Gasteiger partial charge < -0.3 is 18.9 Å². The van der Waals surface area contributed by atoms with Gasteiger partial charge in [0.2, 0.25) is 0 Å². The van der Waals surface area contributed by atoms with Crippen LogP contribution < -0.4 is 14.2 Å². The van der Waals surface area contributed by atoms with E-state index in [1.807, 2.05) is 0 Å². The van der Waals surface area contributed by atoms with Gasteiger partial charge in [-0.15, -0.1) is 11.3 Å². The molecule has 12 heteroatoms. The molecule has 9 nitrogen and oxygen atoms in total. The van der Waals surface area contributed by atoms with E-state index in [0.29, 0.717) is 0 Å². The molecule has 0 bridgehead atoms. The van der Waals surface area contributed by atoms with Gasteiger partial charge in [-0.3, -0.25) is 4.72 Å². The Morgan fingerprint density at radius 1 is 0.964 bits per heavy atom. The van der Waals surface area contributed by atoms with E-state index >= 15 is 0 Å². The number of ether oxygens (including phenoxy) is 4. The highest BCUT2D eigenvalue weighted by molar-refractivity contribution is 7.93. The Labute approximate surface area is 170 Å². The summed E-state index contributed by atoms with van der Waals surface area (Å²) in [5.74, 6) is -1.31. The smallest absolute Gasteiger partial charge is 0.349 e. The van der Waals surface area contributed by atoms with Gasteiger partial charge in [-0.05, 0) is 6.07 Å². The van der Waals surface area contributed by atoms with E-state index in [4.69, 9.17) is 25.8 Å². The number of methoxy groups -OCH3 is 4. The van der Waals surface area contributed by atoms with Gasteiger partial charge in [0.25, 0.3) is 10.0 Å². The molecule has 0 saturated carbocycles. The number of thiophene rings is 1. The summed E-state index contributed by atoms with van der Waals surface area (Å²) >= 11 is 6.62. The van der Waals surface area contributed by atoms with Crippen LogP contribution in [-0.4, -0.2) is 48.8 Å². The van der Waals surface area contributed by atoms with Crippen LogP contribution >= 0.6 is 22.9 Å². The number of benzene rings is 1. The summed E-state index contributed by atoms with van der Waals surface area (Å²) in [4.78, 5) is 23.4. The molecule has 0 saturated heterocycles. The molecule has 0 aliphatic rings. The molecule has 0 atom stereocenters. The van der Waals surface area contributed by atoms with Gasteiger partial charge >= 0.3 is 11.9 Å². The highest BCUT2D eigenvalue weighted by atomic mass is 35.5. The molecule has 28 heavy (non-hydrogen) atoms. The largest absolute Gasteiger partial charge is 0.493 e. The lowest BCUT2D eigenvalue weighted by Crippen LogP contribution is -2.18. The second-order valence-electron chi connectivity index (χ2n) is 5.09. The zero-order valence-corrected chi connectivity index (χ0v) is 17.6. The van der Waals surface area contributed by atoms with E-state index < -0.39 is 22.0 Å². The molecule has 0 amide bonds. The van der Waals surface area contributed by atoms with Crippen LogP contribution in [0, 0.1) is 0 Å². The molecule has 0 spiro atoms. The number of rotatable bonds is 7. The number of nitrogens with one attached hydrogen (secondary N) is 1. The van der Waals surface area contributed by atoms with Crippen molar-refractivity contribution >= 4 is 50.6 Å². The molecule has 2 aromatic rings. The van der Waals surface area contributed by atoms with Crippen molar-refractivity contribution in [3.8, 4) is 11.5 Å². The highest BCUT2D eigenvalue weighted by Gasteiger charge is 2.29. The molecule has 152 valence electrons. The van der Waals surface area contributed by atoms with Crippen LogP contribution in [0.1, 0.15) is 20.0 Å². The van der Waals surface area contributed by atoms with Crippen molar-refractivity contribution in [2.24, 2.45) is 0 Å². The lowest BCUT2D eigenvalue weighted by molar-refractivity contribution is 0.0593. The first-order chi connectivity index (χ1) is 13.2. The van der Waals surface area contributed by atoms with Crippen LogP contribution in [0.2, 0.25) is 4.34 Å². The number of anilines is 1. The number of hydrogen-bond acceptors (Lipinski definition) is 9. The van der Waals surface area contributed by atoms with E-state index in [0.717, 1.165) is 31.6 Å². The Morgan fingerprint density at radius 2 is 1.54 bits per heavy atom. The van der Waals surface area contributed by atoms with Crippen LogP contribution in [0.25, 0.3) is 0 Å². The maximum atomic E-state index is 12.9. The van der Waals surface area contributed by atoms with Crippen molar-refractivity contribution in [2.75, 3.05) is 33.2 Å². The third kappa shape index (κ3) is 4.32. The molecular weight excluding hydrogens is 434 g/mol. The molecule has 0 fully saturated rings. The fraction of sp³-hybridized carbons (Fsp3) is 0.250. The van der Waals surface area contributed by atoms with Gasteiger partial charge in [-0.25, -0.2) is 18.0 Å². The predicted octanol–water partition coefficient (Wildman–Crippen LogP) is 2.79. The second kappa shape index (κ2) is 8.67. The number of esters is 2. The molecule has 1 N–H and O–H groups in total. The number of sulfonamides is 1. The monoisotopic (exact) mass is 449 g/mol. The number of halogens is 1. The van der Waals surface area contributed by atoms with Crippen LogP contribution in [0.15, 0.2) is 23.1 Å². The summed E-state index contributed by atoms with van der Waals surface area (Å²) in [6.45, 7) is 0. The summed E-state index contributed by atoms with van der Waals surface area (Å²) in [5.41, 5.74) is -0.257. The summed E-state index contributed by atoms with van der Waals surface area (Å²) in [5, 5.41) is 0. The standard InChI is InChI=1S/C16H16ClNO8S2/c1-23-10-5-8(15(19)25-3)9(6-11(10)24-2)18-28(21,22)12-7-13(17)27-14(12)16(20)26-4/h5-7,18H,1-4H3. The quantitative estimate of drug-likeness (QED) is 0.641. The maximum absolute atomic E-state index is 12.9. The molecule has 0 radical (unpaired) electrons. The average Bonchev–Trinajstić information content (AvgIpc) is 3.08. The SMILES string of the molecule is COC(=O)c1cc(OC)c(OC)cc1NS(=O)(=O)c1cc(Cl)sc1C(=O)OC. The van der Waals surface area contributed by atoms with Crippen LogP contribution in [0.4, 0.5) is 5.69 Å². The van der Waals surface area contributed by atoms with Crippen LogP contribution in [0.5, 0.6) is 11.5 Å². The molecule has 0 aliphatic carbocycles. The number of carbonyl (C=O) groups excluding carboxylic acids is 2. The molecular formula is C16H16ClNO8S2. The normalized spacial score (nSPS) is 10.9. The Kier molecular flexibility index (Phi) is 6.75. The van der Waals surface area contributed by atoms with E-state index in [1.165, 1.54) is 26.4 Å². The first-order valence-corrected chi connectivity index (χ1v) is 10.1. The lowest BCUT2D eigenvalue weighted by Gasteiger charge is -2.15. The van der Waals surface area contributed by atoms with Gasteiger partial charge in [0.1, 0.15) is 9.77 Å². The topological polar surface area (TPSA) is 117 Å². The first kappa shape index (κ1) is 21.8. The molecule has 2 rings (SSSR count). The predicted molar refractivity (Wildman–Crippen MR) is 102 cm³/mol. The summed E-state index contributed by atoms with van der Waals surface area (Å²) < 4.78 is 47.6. The van der Waals surface area contributed by atoms with Gasteiger partial charge in [-0.2, -0.15) is 0 Å². The average molecular weight is 450 g/mol. The van der Waals surface area contributed by atoms with E-state index in [9.17, 15) is 18.0 Å². The molecule has 1 aromatic carbocycles. The van der Waals surface area contributed by atoms with Gasteiger partial charge in [0, 0.05) is 12.1 Å². The Hall–Kier alpha value is -2.50. The Morgan fingerprint density at radius 3 is 2.07 bits per heavy atom.